The zero-order valence-electron chi connectivity index (χ0n) is 16.5. The Hall–Kier alpha value is -1.95. The van der Waals surface area contributed by atoms with Crippen molar-refractivity contribution < 1.29 is 18.0 Å². The molecule has 6 heteroatoms. The summed E-state index contributed by atoms with van der Waals surface area (Å²) < 4.78 is 39.2. The molecule has 0 radical (unpaired) electrons. The molecule has 0 aromatic heterocycles. The lowest BCUT2D eigenvalue weighted by molar-refractivity contribution is -0.137. The van der Waals surface area contributed by atoms with E-state index in [-0.39, 0.29) is 5.91 Å². The lowest BCUT2D eigenvalue weighted by atomic mass is 10.0. The standard InChI is InChI=1S/C23H26F3NOS/c1-2-3-4-5-7-17-10-12-18(13-11-17)21(28)27-14-15-29-22(27)19-8-6-9-20(16-19)23(24,25)26/h6,8-13,16,22H,2-5,7,14-15H2,1H3. The van der Waals surface area contributed by atoms with Crippen molar-refractivity contribution in [1.29, 1.82) is 0 Å². The van der Waals surface area contributed by atoms with Crippen LogP contribution in [0.25, 0.3) is 0 Å². The molecular weight excluding hydrogens is 395 g/mol. The molecular formula is C23H26F3NOS. The Labute approximate surface area is 174 Å². The highest BCUT2D eigenvalue weighted by atomic mass is 32.2. The van der Waals surface area contributed by atoms with Gasteiger partial charge in [0.05, 0.1) is 5.56 Å². The fourth-order valence-electron chi connectivity index (χ4n) is 3.56. The minimum absolute atomic E-state index is 0.130. The minimum atomic E-state index is -4.39. The van der Waals surface area contributed by atoms with Gasteiger partial charge < -0.3 is 4.90 Å². The quantitative estimate of drug-likeness (QED) is 0.463. The van der Waals surface area contributed by atoms with Crippen LogP contribution in [0.3, 0.4) is 0 Å². The molecule has 1 atom stereocenters. The van der Waals surface area contributed by atoms with Gasteiger partial charge in [-0.15, -0.1) is 11.8 Å². The predicted molar refractivity (Wildman–Crippen MR) is 112 cm³/mol. The fourth-order valence-corrected chi connectivity index (χ4v) is 4.80. The number of hydrogen-bond acceptors (Lipinski definition) is 2. The van der Waals surface area contributed by atoms with Gasteiger partial charge in [-0.1, -0.05) is 50.5 Å². The third-order valence-electron chi connectivity index (χ3n) is 5.17. The van der Waals surface area contributed by atoms with Crippen LogP contribution in [0.5, 0.6) is 0 Å². The average molecular weight is 422 g/mol. The van der Waals surface area contributed by atoms with E-state index in [4.69, 9.17) is 0 Å². The number of amides is 1. The maximum Gasteiger partial charge on any atom is 0.416 e. The van der Waals surface area contributed by atoms with Crippen molar-refractivity contribution in [3.8, 4) is 0 Å². The maximum absolute atomic E-state index is 13.1. The van der Waals surface area contributed by atoms with E-state index < -0.39 is 17.1 Å². The Morgan fingerprint density at radius 1 is 1.10 bits per heavy atom. The van der Waals surface area contributed by atoms with E-state index in [1.807, 2.05) is 24.3 Å². The molecule has 29 heavy (non-hydrogen) atoms. The average Bonchev–Trinajstić information content (AvgIpc) is 3.20. The molecule has 2 aromatic rings. The van der Waals surface area contributed by atoms with E-state index in [9.17, 15) is 18.0 Å². The molecule has 1 unspecified atom stereocenters. The van der Waals surface area contributed by atoms with Gasteiger partial charge in [0.2, 0.25) is 0 Å². The molecule has 2 aromatic carbocycles. The van der Waals surface area contributed by atoms with Crippen LogP contribution in [0.2, 0.25) is 0 Å². The number of aryl methyl sites for hydroxylation is 1. The number of rotatable bonds is 7. The topological polar surface area (TPSA) is 20.3 Å². The van der Waals surface area contributed by atoms with Crippen LogP contribution < -0.4 is 0 Å². The first kappa shape index (κ1) is 21.8. The number of halogens is 3. The summed E-state index contributed by atoms with van der Waals surface area (Å²) in [6, 6.07) is 12.9. The second kappa shape index (κ2) is 9.70. The zero-order chi connectivity index (χ0) is 20.9. The molecule has 1 heterocycles. The van der Waals surface area contributed by atoms with Crippen molar-refractivity contribution >= 4 is 17.7 Å². The summed E-state index contributed by atoms with van der Waals surface area (Å²) in [7, 11) is 0. The van der Waals surface area contributed by atoms with Crippen molar-refractivity contribution in [2.75, 3.05) is 12.3 Å². The van der Waals surface area contributed by atoms with Crippen molar-refractivity contribution in [3.05, 3.63) is 70.8 Å². The molecule has 0 N–H and O–H groups in total. The van der Waals surface area contributed by atoms with Crippen LogP contribution >= 0.6 is 11.8 Å². The number of hydrogen-bond donors (Lipinski definition) is 0. The number of thioether (sulfide) groups is 1. The molecule has 0 spiro atoms. The van der Waals surface area contributed by atoms with E-state index in [0.717, 1.165) is 25.0 Å². The van der Waals surface area contributed by atoms with Crippen LogP contribution in [0.1, 0.15) is 65.0 Å². The minimum Gasteiger partial charge on any atom is -0.322 e. The maximum atomic E-state index is 13.1. The highest BCUT2D eigenvalue weighted by molar-refractivity contribution is 7.99. The monoisotopic (exact) mass is 421 g/mol. The summed E-state index contributed by atoms with van der Waals surface area (Å²) in [6.07, 6.45) is 1.40. The van der Waals surface area contributed by atoms with Gasteiger partial charge in [-0.2, -0.15) is 13.2 Å². The summed E-state index contributed by atoms with van der Waals surface area (Å²) in [5.74, 6) is 0.581. The number of nitrogens with zero attached hydrogens (tertiary/aromatic N) is 1. The van der Waals surface area contributed by atoms with Gasteiger partial charge in [-0.05, 0) is 48.2 Å². The molecule has 1 aliphatic heterocycles. The van der Waals surface area contributed by atoms with Crippen LogP contribution in [0.15, 0.2) is 48.5 Å². The zero-order valence-corrected chi connectivity index (χ0v) is 17.4. The van der Waals surface area contributed by atoms with Crippen molar-refractivity contribution in [1.82, 2.24) is 4.90 Å². The summed E-state index contributed by atoms with van der Waals surface area (Å²) in [4.78, 5) is 14.7. The third-order valence-corrected chi connectivity index (χ3v) is 6.43. The molecule has 1 amide bonds. The van der Waals surface area contributed by atoms with Gasteiger partial charge >= 0.3 is 6.18 Å². The molecule has 156 valence electrons. The number of unbranched alkanes of at least 4 members (excludes halogenated alkanes) is 3. The van der Waals surface area contributed by atoms with Gasteiger partial charge in [0.25, 0.3) is 5.91 Å². The molecule has 0 bridgehead atoms. The van der Waals surface area contributed by atoms with Crippen LogP contribution in [0.4, 0.5) is 13.2 Å². The summed E-state index contributed by atoms with van der Waals surface area (Å²) in [5, 5.41) is -0.390. The van der Waals surface area contributed by atoms with E-state index in [1.165, 1.54) is 42.7 Å². The van der Waals surface area contributed by atoms with Crippen molar-refractivity contribution in [3.63, 3.8) is 0 Å². The van der Waals surface area contributed by atoms with Gasteiger partial charge in [0.1, 0.15) is 5.37 Å². The largest absolute Gasteiger partial charge is 0.416 e. The summed E-state index contributed by atoms with van der Waals surface area (Å²) in [5.41, 5.74) is 1.63. The second-order valence-electron chi connectivity index (χ2n) is 7.35. The Bertz CT molecular complexity index is 820. The molecule has 3 rings (SSSR count). The highest BCUT2D eigenvalue weighted by Crippen LogP contribution is 2.40. The Kier molecular flexibility index (Phi) is 7.28. The van der Waals surface area contributed by atoms with E-state index in [1.54, 1.807) is 11.0 Å². The van der Waals surface area contributed by atoms with Crippen molar-refractivity contribution in [2.24, 2.45) is 0 Å². The predicted octanol–water partition coefficient (Wildman–Crippen LogP) is 6.72. The Morgan fingerprint density at radius 2 is 1.86 bits per heavy atom. The molecule has 2 nitrogen and oxygen atoms in total. The van der Waals surface area contributed by atoms with Gasteiger partial charge in [-0.3, -0.25) is 4.79 Å². The number of benzene rings is 2. The molecule has 1 fully saturated rings. The lowest BCUT2D eigenvalue weighted by Gasteiger charge is -2.25. The first-order valence-electron chi connectivity index (χ1n) is 10.1. The molecule has 1 saturated heterocycles. The van der Waals surface area contributed by atoms with Gasteiger partial charge in [-0.25, -0.2) is 0 Å². The van der Waals surface area contributed by atoms with E-state index in [0.29, 0.717) is 23.4 Å². The molecule has 0 saturated carbocycles. The number of carbonyl (C=O) groups excluding carboxylic acids is 1. The second-order valence-corrected chi connectivity index (χ2v) is 8.54. The van der Waals surface area contributed by atoms with E-state index in [2.05, 4.69) is 6.92 Å². The number of carbonyl (C=O) groups is 1. The fraction of sp³-hybridized carbons (Fsp3) is 0.435. The van der Waals surface area contributed by atoms with Crippen LogP contribution in [0, 0.1) is 0 Å². The SMILES string of the molecule is CCCCCCc1ccc(C(=O)N2CCSC2c2cccc(C(F)(F)F)c2)cc1. The molecule has 1 aliphatic rings. The van der Waals surface area contributed by atoms with E-state index >= 15 is 0 Å². The van der Waals surface area contributed by atoms with Gasteiger partial charge in [0, 0.05) is 17.9 Å². The van der Waals surface area contributed by atoms with Crippen LogP contribution in [-0.4, -0.2) is 23.1 Å². The number of alkyl halides is 3. The summed E-state index contributed by atoms with van der Waals surface area (Å²) in [6.45, 7) is 2.72. The third kappa shape index (κ3) is 5.56. The highest BCUT2D eigenvalue weighted by Gasteiger charge is 2.34. The smallest absolute Gasteiger partial charge is 0.322 e. The Balaban J connectivity index is 1.70. The normalized spacial score (nSPS) is 17.0. The van der Waals surface area contributed by atoms with Crippen LogP contribution in [-0.2, 0) is 12.6 Å². The van der Waals surface area contributed by atoms with Gasteiger partial charge in [0.15, 0.2) is 0 Å². The molecule has 0 aliphatic carbocycles. The van der Waals surface area contributed by atoms with Crippen molar-refractivity contribution in [2.45, 2.75) is 50.6 Å². The lowest BCUT2D eigenvalue weighted by Crippen LogP contribution is -2.30. The first-order chi connectivity index (χ1) is 13.9. The summed E-state index contributed by atoms with van der Waals surface area (Å²) >= 11 is 1.50. The first-order valence-corrected chi connectivity index (χ1v) is 11.1. The Morgan fingerprint density at radius 3 is 2.55 bits per heavy atom.